The minimum absolute atomic E-state index is 0.443. The first kappa shape index (κ1) is 12.4. The van der Waals surface area contributed by atoms with E-state index >= 15 is 0 Å². The third-order valence-corrected chi connectivity index (χ3v) is 3.46. The van der Waals surface area contributed by atoms with E-state index < -0.39 is 0 Å². The molecule has 0 amide bonds. The third-order valence-electron chi connectivity index (χ3n) is 3.46. The van der Waals surface area contributed by atoms with Crippen molar-refractivity contribution in [2.24, 2.45) is 5.41 Å². The molecule has 0 aliphatic carbocycles. The van der Waals surface area contributed by atoms with E-state index in [0.717, 1.165) is 26.2 Å². The van der Waals surface area contributed by atoms with Crippen molar-refractivity contribution in [1.29, 1.82) is 0 Å². The molecule has 3 nitrogen and oxygen atoms in total. The number of aromatic nitrogens is 1. The zero-order valence-electron chi connectivity index (χ0n) is 11.2. The second-order valence-electron chi connectivity index (χ2n) is 5.62. The van der Waals surface area contributed by atoms with Crippen molar-refractivity contribution in [3.63, 3.8) is 0 Å². The Balaban J connectivity index is 2.15. The van der Waals surface area contributed by atoms with Gasteiger partial charge in [-0.2, -0.15) is 0 Å². The molecule has 0 atom stereocenters. The van der Waals surface area contributed by atoms with E-state index in [0.29, 0.717) is 5.41 Å². The fourth-order valence-electron chi connectivity index (χ4n) is 2.44. The van der Waals surface area contributed by atoms with Crippen LogP contribution in [0.3, 0.4) is 0 Å². The van der Waals surface area contributed by atoms with Gasteiger partial charge in [-0.05, 0) is 24.4 Å². The van der Waals surface area contributed by atoms with Crippen LogP contribution < -0.4 is 10.2 Å². The first-order chi connectivity index (χ1) is 8.12. The molecule has 0 aromatic carbocycles. The molecule has 94 valence electrons. The molecule has 1 saturated heterocycles. The van der Waals surface area contributed by atoms with E-state index in [1.807, 2.05) is 12.4 Å². The molecule has 1 aromatic heterocycles. The summed E-state index contributed by atoms with van der Waals surface area (Å²) in [5, 5.41) is 3.38. The van der Waals surface area contributed by atoms with Crippen LogP contribution in [0.15, 0.2) is 18.5 Å². The zero-order chi connectivity index (χ0) is 12.3. The van der Waals surface area contributed by atoms with Crippen LogP contribution in [-0.2, 0) is 6.54 Å². The van der Waals surface area contributed by atoms with Crippen molar-refractivity contribution < 1.29 is 0 Å². The average molecular weight is 233 g/mol. The number of nitrogens with one attached hydrogen (secondary N) is 1. The summed E-state index contributed by atoms with van der Waals surface area (Å²) in [6, 6.07) is 2.15. The van der Waals surface area contributed by atoms with E-state index in [-0.39, 0.29) is 0 Å². The molecule has 0 spiro atoms. The molecule has 0 unspecified atom stereocenters. The second kappa shape index (κ2) is 5.05. The Labute approximate surface area is 104 Å². The molecular weight excluding hydrogens is 210 g/mol. The Hall–Kier alpha value is -1.09. The highest BCUT2D eigenvalue weighted by atomic mass is 15.2. The molecule has 1 aromatic rings. The number of pyridine rings is 1. The molecule has 1 N–H and O–H groups in total. The number of rotatable bonds is 4. The predicted octanol–water partition coefficient (Wildman–Crippen LogP) is 2.43. The SMILES string of the molecule is CCNCc1cnccc1N1CCC(C)(C)C1. The van der Waals surface area contributed by atoms with Gasteiger partial charge in [0, 0.05) is 43.3 Å². The standard InChI is InChI=1S/C14H23N3/c1-4-15-9-12-10-16-7-5-13(12)17-8-6-14(2,3)11-17/h5,7,10,15H,4,6,8-9,11H2,1-3H3. The van der Waals surface area contributed by atoms with Gasteiger partial charge in [0.15, 0.2) is 0 Å². The second-order valence-corrected chi connectivity index (χ2v) is 5.62. The van der Waals surface area contributed by atoms with E-state index in [4.69, 9.17) is 0 Å². The lowest BCUT2D eigenvalue weighted by Gasteiger charge is -2.24. The van der Waals surface area contributed by atoms with Crippen LogP contribution in [0.2, 0.25) is 0 Å². The number of hydrogen-bond donors (Lipinski definition) is 1. The Morgan fingerprint density at radius 2 is 2.29 bits per heavy atom. The molecule has 3 heteroatoms. The largest absolute Gasteiger partial charge is 0.371 e. The van der Waals surface area contributed by atoms with E-state index in [9.17, 15) is 0 Å². The molecule has 1 aliphatic rings. The molecular formula is C14H23N3. The Morgan fingerprint density at radius 3 is 2.94 bits per heavy atom. The number of nitrogens with zero attached hydrogens (tertiary/aromatic N) is 2. The van der Waals surface area contributed by atoms with Gasteiger partial charge in [0.05, 0.1) is 0 Å². The quantitative estimate of drug-likeness (QED) is 0.865. The zero-order valence-corrected chi connectivity index (χ0v) is 11.2. The minimum Gasteiger partial charge on any atom is -0.371 e. The number of anilines is 1. The smallest absolute Gasteiger partial charge is 0.0443 e. The first-order valence-electron chi connectivity index (χ1n) is 6.51. The predicted molar refractivity (Wildman–Crippen MR) is 72.2 cm³/mol. The van der Waals surface area contributed by atoms with E-state index in [1.54, 1.807) is 0 Å². The molecule has 2 heterocycles. The summed E-state index contributed by atoms with van der Waals surface area (Å²) in [5.74, 6) is 0. The van der Waals surface area contributed by atoms with Crippen LogP contribution in [0.5, 0.6) is 0 Å². The third kappa shape index (κ3) is 2.97. The maximum absolute atomic E-state index is 4.24. The highest BCUT2D eigenvalue weighted by molar-refractivity contribution is 5.53. The van der Waals surface area contributed by atoms with Crippen molar-refractivity contribution in [3.8, 4) is 0 Å². The minimum atomic E-state index is 0.443. The van der Waals surface area contributed by atoms with Gasteiger partial charge >= 0.3 is 0 Å². The fourth-order valence-corrected chi connectivity index (χ4v) is 2.44. The summed E-state index contributed by atoms with van der Waals surface area (Å²) >= 11 is 0. The van der Waals surface area contributed by atoms with Crippen LogP contribution in [0.25, 0.3) is 0 Å². The lowest BCUT2D eigenvalue weighted by molar-refractivity contribution is 0.418. The van der Waals surface area contributed by atoms with Gasteiger partial charge in [0.1, 0.15) is 0 Å². The first-order valence-corrected chi connectivity index (χ1v) is 6.51. The van der Waals surface area contributed by atoms with Crippen molar-refractivity contribution >= 4 is 5.69 Å². The monoisotopic (exact) mass is 233 g/mol. The maximum atomic E-state index is 4.24. The van der Waals surface area contributed by atoms with Gasteiger partial charge in [-0.1, -0.05) is 20.8 Å². The lowest BCUT2D eigenvalue weighted by atomic mass is 9.93. The molecule has 0 bridgehead atoms. The summed E-state index contributed by atoms with van der Waals surface area (Å²) < 4.78 is 0. The Bertz CT molecular complexity index is 373. The summed E-state index contributed by atoms with van der Waals surface area (Å²) in [4.78, 5) is 6.73. The summed E-state index contributed by atoms with van der Waals surface area (Å²) in [6.45, 7) is 11.0. The highest BCUT2D eigenvalue weighted by Crippen LogP contribution is 2.33. The van der Waals surface area contributed by atoms with Crippen LogP contribution in [0.1, 0.15) is 32.8 Å². The fraction of sp³-hybridized carbons (Fsp3) is 0.643. The normalized spacial score (nSPS) is 18.6. The van der Waals surface area contributed by atoms with Crippen LogP contribution in [0, 0.1) is 5.41 Å². The number of hydrogen-bond acceptors (Lipinski definition) is 3. The summed E-state index contributed by atoms with van der Waals surface area (Å²) in [7, 11) is 0. The lowest BCUT2D eigenvalue weighted by Crippen LogP contribution is -2.25. The topological polar surface area (TPSA) is 28.2 Å². The molecule has 0 saturated carbocycles. The van der Waals surface area contributed by atoms with Crippen LogP contribution in [0.4, 0.5) is 5.69 Å². The average Bonchev–Trinajstić information content (AvgIpc) is 2.67. The molecule has 2 rings (SSSR count). The highest BCUT2D eigenvalue weighted by Gasteiger charge is 2.30. The van der Waals surface area contributed by atoms with E-state index in [1.165, 1.54) is 17.7 Å². The molecule has 1 aliphatic heterocycles. The summed E-state index contributed by atoms with van der Waals surface area (Å²) in [6.07, 6.45) is 5.16. The van der Waals surface area contributed by atoms with Crippen LogP contribution in [-0.4, -0.2) is 24.6 Å². The van der Waals surface area contributed by atoms with Crippen molar-refractivity contribution in [2.75, 3.05) is 24.5 Å². The summed E-state index contributed by atoms with van der Waals surface area (Å²) in [5.41, 5.74) is 3.11. The maximum Gasteiger partial charge on any atom is 0.0443 e. The van der Waals surface area contributed by atoms with Crippen LogP contribution >= 0.6 is 0 Å². The Morgan fingerprint density at radius 1 is 1.47 bits per heavy atom. The van der Waals surface area contributed by atoms with Crippen molar-refractivity contribution in [3.05, 3.63) is 24.0 Å². The Kier molecular flexibility index (Phi) is 3.67. The van der Waals surface area contributed by atoms with E-state index in [2.05, 4.69) is 42.0 Å². The molecule has 0 radical (unpaired) electrons. The molecule has 17 heavy (non-hydrogen) atoms. The van der Waals surface area contributed by atoms with Gasteiger partial charge < -0.3 is 10.2 Å². The van der Waals surface area contributed by atoms with Gasteiger partial charge in [-0.15, -0.1) is 0 Å². The van der Waals surface area contributed by atoms with Gasteiger partial charge in [0.25, 0.3) is 0 Å². The van der Waals surface area contributed by atoms with Gasteiger partial charge in [0.2, 0.25) is 0 Å². The van der Waals surface area contributed by atoms with Gasteiger partial charge in [-0.3, -0.25) is 4.98 Å². The van der Waals surface area contributed by atoms with Crippen molar-refractivity contribution in [2.45, 2.75) is 33.7 Å². The van der Waals surface area contributed by atoms with Crippen molar-refractivity contribution in [1.82, 2.24) is 10.3 Å². The molecule has 1 fully saturated rings. The van der Waals surface area contributed by atoms with Gasteiger partial charge in [-0.25, -0.2) is 0 Å².